The number of hydrogen-bond acceptors (Lipinski definition) is 1. The van der Waals surface area contributed by atoms with Crippen molar-refractivity contribution in [2.45, 2.75) is 11.2 Å². The number of halogens is 2. The van der Waals surface area contributed by atoms with Crippen molar-refractivity contribution in [3.8, 4) is 0 Å². The van der Waals surface area contributed by atoms with Crippen LogP contribution in [-0.2, 0) is 6.42 Å². The predicted molar refractivity (Wildman–Crippen MR) is 73.8 cm³/mol. The van der Waals surface area contributed by atoms with Crippen LogP contribution in [0.1, 0.15) is 15.3 Å². The Balaban J connectivity index is 2.11. The quantitative estimate of drug-likeness (QED) is 0.671. The Morgan fingerprint density at radius 2 is 2.07 bits per heavy atom. The number of benzene rings is 1. The summed E-state index contributed by atoms with van der Waals surface area (Å²) in [7, 11) is 0. The lowest BCUT2D eigenvalue weighted by Gasteiger charge is -2.09. The molecule has 3 heteroatoms. The Hall–Kier alpha value is -0.120. The number of alkyl halides is 1. The van der Waals surface area contributed by atoms with Crippen LogP contribution in [0.15, 0.2) is 46.3 Å². The van der Waals surface area contributed by atoms with Gasteiger partial charge in [-0.05, 0) is 35.6 Å². The van der Waals surface area contributed by atoms with Crippen molar-refractivity contribution in [1.29, 1.82) is 0 Å². The highest BCUT2D eigenvalue weighted by atomic mass is 79.9. The molecule has 15 heavy (non-hydrogen) atoms. The molecule has 0 radical (unpaired) electrons. The first kappa shape index (κ1) is 11.4. The summed E-state index contributed by atoms with van der Waals surface area (Å²) in [6.45, 7) is 0. The van der Waals surface area contributed by atoms with Crippen molar-refractivity contribution in [1.82, 2.24) is 0 Å². The van der Waals surface area contributed by atoms with Gasteiger partial charge in [0.15, 0.2) is 0 Å². The molecule has 0 N–H and O–H groups in total. The minimum absolute atomic E-state index is 0.397. The van der Waals surface area contributed by atoms with E-state index < -0.39 is 0 Å². The Morgan fingerprint density at radius 3 is 2.73 bits per heavy atom. The molecule has 0 spiro atoms. The van der Waals surface area contributed by atoms with Gasteiger partial charge in [0.1, 0.15) is 0 Å². The second kappa shape index (κ2) is 5.28. The fourth-order valence-electron chi connectivity index (χ4n) is 1.42. The fraction of sp³-hybridized carbons (Fsp3) is 0.167. The summed E-state index contributed by atoms with van der Waals surface area (Å²) in [6.07, 6.45) is 1.05. The summed E-state index contributed by atoms with van der Waals surface area (Å²) >= 11 is 9.03. The molecule has 1 unspecified atom stereocenters. The monoisotopic (exact) mass is 344 g/mol. The summed E-state index contributed by atoms with van der Waals surface area (Å²) in [5.41, 5.74) is 1.32. The van der Waals surface area contributed by atoms with Crippen LogP contribution in [0.2, 0.25) is 0 Å². The first-order valence-corrected chi connectivity index (χ1v) is 7.26. The molecule has 1 atom stereocenters. The van der Waals surface area contributed by atoms with Crippen LogP contribution < -0.4 is 0 Å². The summed E-state index contributed by atoms with van der Waals surface area (Å²) in [5.74, 6) is 0. The van der Waals surface area contributed by atoms with Crippen molar-refractivity contribution in [2.75, 3.05) is 0 Å². The van der Waals surface area contributed by atoms with Gasteiger partial charge in [-0.3, -0.25) is 0 Å². The van der Waals surface area contributed by atoms with Crippen LogP contribution in [0.4, 0.5) is 0 Å². The van der Waals surface area contributed by atoms with Gasteiger partial charge in [-0.25, -0.2) is 0 Å². The van der Waals surface area contributed by atoms with Crippen LogP contribution in [0, 0.1) is 0 Å². The van der Waals surface area contributed by atoms with Crippen LogP contribution in [0.25, 0.3) is 0 Å². The molecule has 0 saturated heterocycles. The second-order valence-electron chi connectivity index (χ2n) is 3.31. The zero-order chi connectivity index (χ0) is 10.7. The third-order valence-electron chi connectivity index (χ3n) is 2.17. The Bertz CT molecular complexity index is 423. The maximum absolute atomic E-state index is 3.73. The highest BCUT2D eigenvalue weighted by Crippen LogP contribution is 2.30. The van der Waals surface area contributed by atoms with Gasteiger partial charge in [0.05, 0.1) is 0 Å². The van der Waals surface area contributed by atoms with Crippen molar-refractivity contribution in [3.63, 3.8) is 0 Å². The lowest BCUT2D eigenvalue weighted by molar-refractivity contribution is 0.968. The maximum Gasteiger partial charge on any atom is 0.0443 e. The molecule has 2 rings (SSSR count). The van der Waals surface area contributed by atoms with Crippen LogP contribution in [-0.4, -0.2) is 0 Å². The predicted octanol–water partition coefficient (Wildman–Crippen LogP) is 5.19. The van der Waals surface area contributed by atoms with E-state index in [0.29, 0.717) is 4.83 Å². The van der Waals surface area contributed by atoms with E-state index >= 15 is 0 Å². The SMILES string of the molecule is Brc1cccc(C(Br)Cc2cccs2)c1. The molecule has 0 aliphatic heterocycles. The molecule has 1 heterocycles. The molecule has 0 nitrogen and oxygen atoms in total. The smallest absolute Gasteiger partial charge is 0.0443 e. The summed E-state index contributed by atoms with van der Waals surface area (Å²) in [4.78, 5) is 1.81. The minimum atomic E-state index is 0.397. The molecule has 0 aliphatic carbocycles. The van der Waals surface area contributed by atoms with Gasteiger partial charge in [-0.1, -0.05) is 50.1 Å². The lowest BCUT2D eigenvalue weighted by atomic mass is 10.1. The van der Waals surface area contributed by atoms with Crippen LogP contribution in [0.3, 0.4) is 0 Å². The molecule has 0 saturated carbocycles. The fourth-order valence-corrected chi connectivity index (χ4v) is 3.44. The van der Waals surface area contributed by atoms with Gasteiger partial charge >= 0.3 is 0 Å². The van der Waals surface area contributed by atoms with Crippen molar-refractivity contribution in [3.05, 3.63) is 56.7 Å². The molecule has 0 aliphatic rings. The molecule has 0 amide bonds. The Labute approximate surface area is 111 Å². The average Bonchev–Trinajstić information content (AvgIpc) is 2.70. The molecular weight excluding hydrogens is 336 g/mol. The van der Waals surface area contributed by atoms with Gasteiger partial charge in [0.25, 0.3) is 0 Å². The summed E-state index contributed by atoms with van der Waals surface area (Å²) in [5, 5.41) is 2.12. The van der Waals surface area contributed by atoms with Crippen molar-refractivity contribution < 1.29 is 0 Å². The second-order valence-corrected chi connectivity index (χ2v) is 6.36. The van der Waals surface area contributed by atoms with Crippen LogP contribution in [0.5, 0.6) is 0 Å². The number of rotatable bonds is 3. The maximum atomic E-state index is 3.73. The number of hydrogen-bond donors (Lipinski definition) is 0. The third-order valence-corrected chi connectivity index (χ3v) is 4.42. The van der Waals surface area contributed by atoms with Gasteiger partial charge in [0.2, 0.25) is 0 Å². The molecule has 1 aromatic carbocycles. The molecule has 78 valence electrons. The third kappa shape index (κ3) is 3.16. The van der Waals surface area contributed by atoms with Gasteiger partial charge in [0, 0.05) is 14.2 Å². The normalized spacial score (nSPS) is 12.7. The largest absolute Gasteiger partial charge is 0.149 e. The Kier molecular flexibility index (Phi) is 4.00. The first-order valence-electron chi connectivity index (χ1n) is 4.67. The summed E-state index contributed by atoms with van der Waals surface area (Å²) in [6, 6.07) is 12.7. The van der Waals surface area contributed by atoms with Gasteiger partial charge < -0.3 is 0 Å². The van der Waals surface area contributed by atoms with E-state index in [0.717, 1.165) is 10.9 Å². The molecule has 2 aromatic rings. The zero-order valence-electron chi connectivity index (χ0n) is 7.99. The van der Waals surface area contributed by atoms with E-state index in [4.69, 9.17) is 0 Å². The molecule has 1 aromatic heterocycles. The summed E-state index contributed by atoms with van der Waals surface area (Å²) < 4.78 is 1.13. The average molecular weight is 346 g/mol. The van der Waals surface area contributed by atoms with E-state index in [1.807, 2.05) is 17.4 Å². The lowest BCUT2D eigenvalue weighted by Crippen LogP contribution is -1.93. The number of thiophene rings is 1. The van der Waals surface area contributed by atoms with E-state index in [1.54, 1.807) is 0 Å². The highest BCUT2D eigenvalue weighted by molar-refractivity contribution is 9.10. The standard InChI is InChI=1S/C12H10Br2S/c13-10-4-1-3-9(7-10)12(14)8-11-5-2-6-15-11/h1-7,12H,8H2. The van der Waals surface area contributed by atoms with E-state index in [9.17, 15) is 0 Å². The highest BCUT2D eigenvalue weighted by Gasteiger charge is 2.09. The van der Waals surface area contributed by atoms with Crippen molar-refractivity contribution in [2.24, 2.45) is 0 Å². The molecular formula is C12H10Br2S. The Morgan fingerprint density at radius 1 is 1.20 bits per heavy atom. The van der Waals surface area contributed by atoms with E-state index in [2.05, 4.69) is 67.6 Å². The minimum Gasteiger partial charge on any atom is -0.149 e. The van der Waals surface area contributed by atoms with Gasteiger partial charge in [-0.15, -0.1) is 11.3 Å². The topological polar surface area (TPSA) is 0 Å². The van der Waals surface area contributed by atoms with Crippen molar-refractivity contribution >= 4 is 43.2 Å². The molecule has 0 bridgehead atoms. The van der Waals surface area contributed by atoms with Crippen LogP contribution >= 0.6 is 43.2 Å². The van der Waals surface area contributed by atoms with E-state index in [-0.39, 0.29) is 0 Å². The van der Waals surface area contributed by atoms with Gasteiger partial charge in [-0.2, -0.15) is 0 Å². The first-order chi connectivity index (χ1) is 7.25. The van der Waals surface area contributed by atoms with E-state index in [1.165, 1.54) is 10.4 Å². The molecule has 0 fully saturated rings. The zero-order valence-corrected chi connectivity index (χ0v) is 12.0.